The number of oxazole rings is 1. The maximum atomic E-state index is 8.91. The van der Waals surface area contributed by atoms with Crippen molar-refractivity contribution in [3.63, 3.8) is 0 Å². The second-order valence-corrected chi connectivity index (χ2v) is 5.61. The number of aromatic nitrogens is 1. The van der Waals surface area contributed by atoms with Crippen LogP contribution in [0.15, 0.2) is 59.2 Å². The van der Waals surface area contributed by atoms with Crippen LogP contribution < -0.4 is 10.1 Å². The average molecular weight is 333 g/mol. The monoisotopic (exact) mass is 333 g/mol. The Labute approximate surface area is 146 Å². The van der Waals surface area contributed by atoms with E-state index in [0.29, 0.717) is 11.5 Å². The highest BCUT2D eigenvalue weighted by Gasteiger charge is 2.07. The Kier molecular flexibility index (Phi) is 5.45. The molecule has 1 N–H and O–H groups in total. The van der Waals surface area contributed by atoms with Crippen molar-refractivity contribution in [2.24, 2.45) is 0 Å². The van der Waals surface area contributed by atoms with Crippen LogP contribution in [0.3, 0.4) is 0 Å². The molecule has 0 aliphatic rings. The zero-order valence-electron chi connectivity index (χ0n) is 14.0. The van der Waals surface area contributed by atoms with Crippen molar-refractivity contribution >= 4 is 0 Å². The van der Waals surface area contributed by atoms with Crippen LogP contribution in [0.5, 0.6) is 5.75 Å². The molecule has 0 saturated carbocycles. The standard InChI is InChI=1S/C20H19N3O2/c1-24-19-7-5-17(6-8-19)20-23-18(14-25-20)9-10-22-13-16-4-2-3-15(11-16)12-21/h2-8,11,14,22H,9-10,13H2,1H3. The average Bonchev–Trinajstić information content (AvgIpc) is 3.14. The topological polar surface area (TPSA) is 71.1 Å². The van der Waals surface area contributed by atoms with Gasteiger partial charge in [-0.25, -0.2) is 4.98 Å². The predicted octanol–water partition coefficient (Wildman–Crippen LogP) is 3.55. The molecule has 0 fully saturated rings. The van der Waals surface area contributed by atoms with Crippen molar-refractivity contribution in [2.75, 3.05) is 13.7 Å². The number of nitriles is 1. The van der Waals surface area contributed by atoms with Crippen LogP contribution in [0, 0.1) is 11.3 Å². The number of nitrogens with zero attached hydrogens (tertiary/aromatic N) is 2. The van der Waals surface area contributed by atoms with Gasteiger partial charge in [-0.15, -0.1) is 0 Å². The summed E-state index contributed by atoms with van der Waals surface area (Å²) >= 11 is 0. The molecule has 25 heavy (non-hydrogen) atoms. The van der Waals surface area contributed by atoms with E-state index in [4.69, 9.17) is 14.4 Å². The highest BCUT2D eigenvalue weighted by atomic mass is 16.5. The summed E-state index contributed by atoms with van der Waals surface area (Å²) < 4.78 is 10.7. The van der Waals surface area contributed by atoms with Gasteiger partial charge in [0.2, 0.25) is 5.89 Å². The van der Waals surface area contributed by atoms with Crippen molar-refractivity contribution < 1.29 is 9.15 Å². The fourth-order valence-electron chi connectivity index (χ4n) is 2.49. The Morgan fingerprint density at radius 1 is 1.20 bits per heavy atom. The number of nitrogens with one attached hydrogen (secondary N) is 1. The smallest absolute Gasteiger partial charge is 0.226 e. The van der Waals surface area contributed by atoms with E-state index in [-0.39, 0.29) is 0 Å². The third-order valence-electron chi connectivity index (χ3n) is 3.83. The molecule has 0 amide bonds. The van der Waals surface area contributed by atoms with Gasteiger partial charge in [-0.3, -0.25) is 0 Å². The molecule has 126 valence electrons. The second-order valence-electron chi connectivity index (χ2n) is 5.61. The van der Waals surface area contributed by atoms with Gasteiger partial charge in [-0.05, 0) is 42.0 Å². The van der Waals surface area contributed by atoms with Gasteiger partial charge in [-0.1, -0.05) is 12.1 Å². The fraction of sp³-hybridized carbons (Fsp3) is 0.200. The van der Waals surface area contributed by atoms with Crippen LogP contribution in [0.4, 0.5) is 0 Å². The molecule has 0 radical (unpaired) electrons. The van der Waals surface area contributed by atoms with Gasteiger partial charge < -0.3 is 14.5 Å². The number of rotatable bonds is 7. The molecule has 0 bridgehead atoms. The van der Waals surface area contributed by atoms with E-state index in [9.17, 15) is 0 Å². The minimum Gasteiger partial charge on any atom is -0.497 e. The van der Waals surface area contributed by atoms with Gasteiger partial charge in [0.25, 0.3) is 0 Å². The third-order valence-corrected chi connectivity index (χ3v) is 3.83. The van der Waals surface area contributed by atoms with Gasteiger partial charge in [0.15, 0.2) is 0 Å². The van der Waals surface area contributed by atoms with Crippen molar-refractivity contribution in [1.82, 2.24) is 10.3 Å². The van der Waals surface area contributed by atoms with Crippen LogP contribution >= 0.6 is 0 Å². The molecule has 3 rings (SSSR count). The van der Waals surface area contributed by atoms with Crippen LogP contribution in [0.1, 0.15) is 16.8 Å². The van der Waals surface area contributed by atoms with Crippen molar-refractivity contribution in [1.29, 1.82) is 5.26 Å². The summed E-state index contributed by atoms with van der Waals surface area (Å²) in [5.74, 6) is 1.42. The predicted molar refractivity (Wildman–Crippen MR) is 95.1 cm³/mol. The summed E-state index contributed by atoms with van der Waals surface area (Å²) in [7, 11) is 1.64. The van der Waals surface area contributed by atoms with Crippen molar-refractivity contribution in [3.05, 3.63) is 71.6 Å². The summed E-state index contributed by atoms with van der Waals surface area (Å²) in [4.78, 5) is 4.52. The zero-order valence-corrected chi connectivity index (χ0v) is 14.0. The molecule has 1 aromatic heterocycles. The third kappa shape index (κ3) is 4.46. The molecule has 0 saturated heterocycles. The molecule has 0 atom stereocenters. The Morgan fingerprint density at radius 3 is 2.80 bits per heavy atom. The molecule has 3 aromatic rings. The van der Waals surface area contributed by atoms with E-state index < -0.39 is 0 Å². The first-order chi connectivity index (χ1) is 12.3. The Balaban J connectivity index is 1.50. The first-order valence-electron chi connectivity index (χ1n) is 8.07. The van der Waals surface area contributed by atoms with E-state index in [1.54, 1.807) is 19.4 Å². The number of hydrogen-bond donors (Lipinski definition) is 1. The summed E-state index contributed by atoms with van der Waals surface area (Å²) in [6.45, 7) is 1.50. The minimum atomic E-state index is 0.611. The summed E-state index contributed by atoms with van der Waals surface area (Å²) in [6.07, 6.45) is 2.47. The van der Waals surface area contributed by atoms with Gasteiger partial charge >= 0.3 is 0 Å². The first kappa shape index (κ1) is 16.7. The lowest BCUT2D eigenvalue weighted by Gasteiger charge is -2.03. The molecule has 0 aliphatic carbocycles. The van der Waals surface area contributed by atoms with Crippen LogP contribution in [-0.2, 0) is 13.0 Å². The van der Waals surface area contributed by atoms with E-state index in [2.05, 4.69) is 16.4 Å². The zero-order chi connectivity index (χ0) is 17.5. The second kappa shape index (κ2) is 8.13. The largest absolute Gasteiger partial charge is 0.497 e. The highest BCUT2D eigenvalue weighted by molar-refractivity contribution is 5.54. The number of ether oxygens (including phenoxy) is 1. The Hall–Kier alpha value is -3.10. The molecular weight excluding hydrogens is 314 g/mol. The molecule has 5 heteroatoms. The maximum Gasteiger partial charge on any atom is 0.226 e. The lowest BCUT2D eigenvalue weighted by atomic mass is 10.1. The van der Waals surface area contributed by atoms with Crippen LogP contribution in [0.2, 0.25) is 0 Å². The summed E-state index contributed by atoms with van der Waals surface area (Å²) in [5.41, 5.74) is 3.61. The van der Waals surface area contributed by atoms with Crippen molar-refractivity contribution in [3.8, 4) is 23.3 Å². The molecule has 1 heterocycles. The number of methoxy groups -OCH3 is 1. The number of hydrogen-bond acceptors (Lipinski definition) is 5. The number of benzene rings is 2. The summed E-state index contributed by atoms with van der Waals surface area (Å²) in [5, 5.41) is 12.3. The Bertz CT molecular complexity index is 863. The van der Waals surface area contributed by atoms with E-state index in [1.807, 2.05) is 42.5 Å². The quantitative estimate of drug-likeness (QED) is 0.670. The van der Waals surface area contributed by atoms with Gasteiger partial charge in [0.05, 0.1) is 24.4 Å². The molecule has 0 aliphatic heterocycles. The van der Waals surface area contributed by atoms with Gasteiger partial charge in [0.1, 0.15) is 12.0 Å². The molecule has 2 aromatic carbocycles. The molecule has 0 spiro atoms. The van der Waals surface area contributed by atoms with Crippen molar-refractivity contribution in [2.45, 2.75) is 13.0 Å². The minimum absolute atomic E-state index is 0.611. The van der Waals surface area contributed by atoms with E-state index >= 15 is 0 Å². The molecular formula is C20H19N3O2. The van der Waals surface area contributed by atoms with E-state index in [1.165, 1.54) is 0 Å². The van der Waals surface area contributed by atoms with Gasteiger partial charge in [0, 0.05) is 25.1 Å². The normalized spacial score (nSPS) is 10.4. The van der Waals surface area contributed by atoms with Crippen LogP contribution in [-0.4, -0.2) is 18.6 Å². The maximum absolute atomic E-state index is 8.91. The van der Waals surface area contributed by atoms with Crippen LogP contribution in [0.25, 0.3) is 11.5 Å². The fourth-order valence-corrected chi connectivity index (χ4v) is 2.49. The summed E-state index contributed by atoms with van der Waals surface area (Å²) in [6, 6.07) is 17.4. The lowest BCUT2D eigenvalue weighted by molar-refractivity contribution is 0.415. The molecule has 5 nitrogen and oxygen atoms in total. The first-order valence-corrected chi connectivity index (χ1v) is 8.07. The molecule has 0 unspecified atom stereocenters. The highest BCUT2D eigenvalue weighted by Crippen LogP contribution is 2.21. The van der Waals surface area contributed by atoms with Gasteiger partial charge in [-0.2, -0.15) is 5.26 Å². The Morgan fingerprint density at radius 2 is 2.04 bits per heavy atom. The lowest BCUT2D eigenvalue weighted by Crippen LogP contribution is -2.16. The SMILES string of the molecule is COc1ccc(-c2nc(CCNCc3cccc(C#N)c3)co2)cc1. The van der Waals surface area contributed by atoms with E-state index in [0.717, 1.165) is 42.1 Å².